The lowest BCUT2D eigenvalue weighted by Gasteiger charge is -2.11. The van der Waals surface area contributed by atoms with Crippen molar-refractivity contribution >= 4 is 32.9 Å². The molecule has 3 aromatic rings. The number of furan rings is 1. The van der Waals surface area contributed by atoms with Gasteiger partial charge in [-0.05, 0) is 32.0 Å². The molecule has 0 aliphatic heterocycles. The van der Waals surface area contributed by atoms with Crippen LogP contribution in [0.3, 0.4) is 0 Å². The van der Waals surface area contributed by atoms with E-state index in [1.165, 1.54) is 5.56 Å². The van der Waals surface area contributed by atoms with Crippen LogP contribution in [-0.2, 0) is 11.3 Å². The molecule has 0 amide bonds. The summed E-state index contributed by atoms with van der Waals surface area (Å²) < 4.78 is 11.9. The van der Waals surface area contributed by atoms with E-state index in [1.54, 1.807) is 6.92 Å². The van der Waals surface area contributed by atoms with Gasteiger partial charge >= 0.3 is 5.97 Å². The number of carbonyl (C=O) groups excluding carboxylic acids is 1. The van der Waals surface area contributed by atoms with Gasteiger partial charge in [0.1, 0.15) is 18.2 Å². The van der Waals surface area contributed by atoms with Crippen molar-refractivity contribution < 1.29 is 19.3 Å². The van der Waals surface area contributed by atoms with E-state index in [1.807, 2.05) is 36.4 Å². The number of fused-ring (bicyclic) bond motifs is 1. The van der Waals surface area contributed by atoms with Crippen molar-refractivity contribution in [2.24, 2.45) is 0 Å². The Labute approximate surface area is 155 Å². The second kappa shape index (κ2) is 7.85. The quantitative estimate of drug-likeness (QED) is 0.628. The second-order valence-corrected chi connectivity index (χ2v) is 6.83. The molecule has 3 rings (SSSR count). The summed E-state index contributed by atoms with van der Waals surface area (Å²) in [4.78, 5) is 12.3. The predicted molar refractivity (Wildman–Crippen MR) is 100 cm³/mol. The smallest absolute Gasteiger partial charge is 0.374 e. The van der Waals surface area contributed by atoms with Crippen molar-refractivity contribution in [2.75, 3.05) is 6.61 Å². The van der Waals surface area contributed by atoms with Crippen LogP contribution in [-0.4, -0.2) is 12.6 Å². The van der Waals surface area contributed by atoms with Gasteiger partial charge in [-0.1, -0.05) is 46.3 Å². The van der Waals surface area contributed by atoms with Gasteiger partial charge in [-0.15, -0.1) is 0 Å². The van der Waals surface area contributed by atoms with E-state index in [2.05, 4.69) is 40.3 Å². The van der Waals surface area contributed by atoms with Crippen LogP contribution in [0.1, 0.15) is 41.6 Å². The van der Waals surface area contributed by atoms with Crippen molar-refractivity contribution in [3.8, 4) is 0 Å². The Morgan fingerprint density at radius 3 is 2.72 bits per heavy atom. The van der Waals surface area contributed by atoms with Crippen LogP contribution in [0.25, 0.3) is 11.0 Å². The van der Waals surface area contributed by atoms with Crippen molar-refractivity contribution in [3.05, 3.63) is 69.9 Å². The number of halogens is 1. The molecule has 130 valence electrons. The number of esters is 1. The van der Waals surface area contributed by atoms with Gasteiger partial charge in [0, 0.05) is 15.4 Å². The number of quaternary nitrogens is 1. The highest BCUT2D eigenvalue weighted by atomic mass is 79.9. The average molecular weight is 403 g/mol. The van der Waals surface area contributed by atoms with Crippen LogP contribution >= 0.6 is 15.9 Å². The van der Waals surface area contributed by atoms with Crippen LogP contribution in [0.15, 0.2) is 57.4 Å². The van der Waals surface area contributed by atoms with E-state index in [4.69, 9.17) is 9.15 Å². The van der Waals surface area contributed by atoms with Gasteiger partial charge in [-0.3, -0.25) is 0 Å². The predicted octanol–water partition coefficient (Wildman–Crippen LogP) is 4.20. The summed E-state index contributed by atoms with van der Waals surface area (Å²) >= 11 is 3.49. The van der Waals surface area contributed by atoms with Gasteiger partial charge in [0.2, 0.25) is 5.76 Å². The minimum atomic E-state index is -0.411. The van der Waals surface area contributed by atoms with Crippen molar-refractivity contribution in [2.45, 2.75) is 26.4 Å². The van der Waals surface area contributed by atoms with Gasteiger partial charge in [-0.2, -0.15) is 0 Å². The lowest BCUT2D eigenvalue weighted by molar-refractivity contribution is -0.707. The third-order valence-corrected chi connectivity index (χ3v) is 4.71. The molecule has 1 heterocycles. The molecular weight excluding hydrogens is 382 g/mol. The van der Waals surface area contributed by atoms with Gasteiger partial charge in [-0.25, -0.2) is 4.79 Å². The molecule has 0 bridgehead atoms. The van der Waals surface area contributed by atoms with Gasteiger partial charge in [0.25, 0.3) is 0 Å². The minimum Gasteiger partial charge on any atom is -0.460 e. The standard InChI is InChI=1S/C20H20BrNO3/c1-3-24-20(23)19-17(16-11-15(21)9-10-18(16)25-19)12-22-13(2)14-7-5-4-6-8-14/h4-11,13,22H,3,12H2,1-2H3/p+1/t13-/m1/s1. The van der Waals surface area contributed by atoms with Crippen LogP contribution in [0, 0.1) is 0 Å². The normalized spacial score (nSPS) is 12.3. The molecule has 0 saturated heterocycles. The zero-order valence-electron chi connectivity index (χ0n) is 14.3. The maximum Gasteiger partial charge on any atom is 0.374 e. The molecule has 4 nitrogen and oxygen atoms in total. The fourth-order valence-electron chi connectivity index (χ4n) is 2.87. The fourth-order valence-corrected chi connectivity index (χ4v) is 3.23. The highest BCUT2D eigenvalue weighted by Gasteiger charge is 2.23. The summed E-state index contributed by atoms with van der Waals surface area (Å²) in [5, 5.41) is 3.14. The Morgan fingerprint density at radius 1 is 1.24 bits per heavy atom. The zero-order valence-corrected chi connectivity index (χ0v) is 15.9. The molecule has 2 aromatic carbocycles. The number of carbonyl (C=O) groups is 1. The molecule has 2 N–H and O–H groups in total. The van der Waals surface area contributed by atoms with Crippen molar-refractivity contribution in [1.82, 2.24) is 0 Å². The van der Waals surface area contributed by atoms with Gasteiger partial charge in [0.05, 0.1) is 12.2 Å². The summed E-state index contributed by atoms with van der Waals surface area (Å²) in [6.07, 6.45) is 0. The summed E-state index contributed by atoms with van der Waals surface area (Å²) in [6, 6.07) is 16.3. The van der Waals surface area contributed by atoms with E-state index in [-0.39, 0.29) is 6.04 Å². The minimum absolute atomic E-state index is 0.272. The summed E-state index contributed by atoms with van der Waals surface area (Å²) in [5.74, 6) is -0.114. The summed E-state index contributed by atoms with van der Waals surface area (Å²) in [5.41, 5.74) is 2.81. The lowest BCUT2D eigenvalue weighted by Crippen LogP contribution is -2.83. The molecule has 0 spiro atoms. The van der Waals surface area contributed by atoms with E-state index in [0.29, 0.717) is 24.5 Å². The maximum absolute atomic E-state index is 12.3. The largest absolute Gasteiger partial charge is 0.460 e. The van der Waals surface area contributed by atoms with E-state index in [0.717, 1.165) is 15.4 Å². The second-order valence-electron chi connectivity index (χ2n) is 5.91. The van der Waals surface area contributed by atoms with Crippen molar-refractivity contribution in [1.29, 1.82) is 0 Å². The number of hydrogen-bond donors (Lipinski definition) is 1. The van der Waals surface area contributed by atoms with E-state index in [9.17, 15) is 4.79 Å². The van der Waals surface area contributed by atoms with Gasteiger partial charge < -0.3 is 14.5 Å². The summed E-state index contributed by atoms with van der Waals surface area (Å²) in [7, 11) is 0. The average Bonchev–Trinajstić information content (AvgIpc) is 2.98. The molecule has 1 aromatic heterocycles. The van der Waals surface area contributed by atoms with Crippen LogP contribution in [0.2, 0.25) is 0 Å². The Morgan fingerprint density at radius 2 is 2.00 bits per heavy atom. The first kappa shape index (κ1) is 17.7. The first-order chi connectivity index (χ1) is 12.1. The highest BCUT2D eigenvalue weighted by Crippen LogP contribution is 2.29. The molecule has 1 atom stereocenters. The Balaban J connectivity index is 1.91. The first-order valence-corrected chi connectivity index (χ1v) is 9.15. The lowest BCUT2D eigenvalue weighted by atomic mass is 10.1. The number of benzene rings is 2. The topological polar surface area (TPSA) is 56.0 Å². The molecule has 0 fully saturated rings. The monoisotopic (exact) mass is 402 g/mol. The zero-order chi connectivity index (χ0) is 17.8. The molecule has 0 aliphatic carbocycles. The third-order valence-electron chi connectivity index (χ3n) is 4.21. The summed E-state index contributed by atoms with van der Waals surface area (Å²) in [6.45, 7) is 4.90. The molecule has 5 heteroatoms. The molecule has 0 aliphatic rings. The van der Waals surface area contributed by atoms with Crippen LogP contribution in [0.4, 0.5) is 0 Å². The van der Waals surface area contributed by atoms with Crippen molar-refractivity contribution in [3.63, 3.8) is 0 Å². The molecule has 0 radical (unpaired) electrons. The highest BCUT2D eigenvalue weighted by molar-refractivity contribution is 9.10. The fraction of sp³-hybridized carbons (Fsp3) is 0.250. The number of nitrogens with two attached hydrogens (primary N) is 1. The van der Waals surface area contributed by atoms with E-state index < -0.39 is 5.97 Å². The van der Waals surface area contributed by atoms with Crippen LogP contribution < -0.4 is 5.32 Å². The Hall–Kier alpha value is -2.11. The molecule has 25 heavy (non-hydrogen) atoms. The number of rotatable bonds is 6. The molecule has 0 saturated carbocycles. The number of ether oxygens (including phenoxy) is 1. The molecule has 0 unspecified atom stereocenters. The van der Waals surface area contributed by atoms with Gasteiger partial charge in [0.15, 0.2) is 0 Å². The maximum atomic E-state index is 12.3. The Bertz CT molecular complexity index is 873. The first-order valence-electron chi connectivity index (χ1n) is 8.36. The Kier molecular flexibility index (Phi) is 5.56. The number of hydrogen-bond acceptors (Lipinski definition) is 3. The van der Waals surface area contributed by atoms with Crippen LogP contribution in [0.5, 0.6) is 0 Å². The molecular formula is C20H21BrNO3+. The van der Waals surface area contributed by atoms with E-state index >= 15 is 0 Å². The third kappa shape index (κ3) is 3.94. The SMILES string of the molecule is CCOC(=O)c1oc2ccc(Br)cc2c1C[NH2+][C@H](C)c1ccccc1.